The second-order valence-corrected chi connectivity index (χ2v) is 6.02. The van der Waals surface area contributed by atoms with Crippen LogP contribution in [0.25, 0.3) is 0 Å². The summed E-state index contributed by atoms with van der Waals surface area (Å²) in [6.07, 6.45) is 8.92. The number of aromatic nitrogens is 2. The van der Waals surface area contributed by atoms with E-state index in [-0.39, 0.29) is 11.8 Å². The van der Waals surface area contributed by atoms with Crippen molar-refractivity contribution in [2.45, 2.75) is 45.6 Å². The molecule has 0 radical (unpaired) electrons. The van der Waals surface area contributed by atoms with Crippen molar-refractivity contribution in [2.75, 3.05) is 5.32 Å². The quantitative estimate of drug-likeness (QED) is 0.919. The maximum absolute atomic E-state index is 12.4. The molecule has 0 spiro atoms. The van der Waals surface area contributed by atoms with Crippen LogP contribution in [0.3, 0.4) is 0 Å². The van der Waals surface area contributed by atoms with Gasteiger partial charge in [0.2, 0.25) is 5.91 Å². The summed E-state index contributed by atoms with van der Waals surface area (Å²) in [6.45, 7) is 3.08. The number of nitrogens with zero attached hydrogens (tertiary/aromatic N) is 2. The number of anilines is 1. The van der Waals surface area contributed by atoms with Gasteiger partial charge >= 0.3 is 0 Å². The number of benzene rings is 1. The van der Waals surface area contributed by atoms with Crippen LogP contribution in [0.5, 0.6) is 0 Å². The average molecular weight is 297 g/mol. The minimum Gasteiger partial charge on any atom is -0.335 e. The van der Waals surface area contributed by atoms with Crippen molar-refractivity contribution in [3.05, 3.63) is 48.0 Å². The van der Waals surface area contributed by atoms with Gasteiger partial charge in [0.1, 0.15) is 5.82 Å². The number of aryl methyl sites for hydroxylation is 2. The van der Waals surface area contributed by atoms with Gasteiger partial charge in [0, 0.05) is 37.0 Å². The summed E-state index contributed by atoms with van der Waals surface area (Å²) in [5.41, 5.74) is 2.22. The smallest absolute Gasteiger partial charge is 0.228 e. The molecule has 0 saturated heterocycles. The number of carbonyl (C=O) groups excluding carboxylic acids is 1. The van der Waals surface area contributed by atoms with E-state index in [9.17, 15) is 4.79 Å². The second kappa shape index (κ2) is 6.77. The molecule has 1 unspecified atom stereocenters. The van der Waals surface area contributed by atoms with Crippen molar-refractivity contribution in [1.82, 2.24) is 9.55 Å². The van der Waals surface area contributed by atoms with E-state index in [4.69, 9.17) is 0 Å². The summed E-state index contributed by atoms with van der Waals surface area (Å²) in [5, 5.41) is 3.04. The molecule has 116 valence electrons. The molecule has 2 aromatic rings. The van der Waals surface area contributed by atoms with Crippen molar-refractivity contribution in [3.8, 4) is 0 Å². The van der Waals surface area contributed by atoms with Gasteiger partial charge in [-0.05, 0) is 37.0 Å². The molecule has 1 atom stereocenters. The number of hydrogen-bond donors (Lipinski definition) is 1. The lowest BCUT2D eigenvalue weighted by Gasteiger charge is -2.22. The number of fused-ring (bicyclic) bond motifs is 1. The Morgan fingerprint density at radius 3 is 2.95 bits per heavy atom. The Labute approximate surface area is 131 Å². The third kappa shape index (κ3) is 3.38. The number of carbonyl (C=O) groups is 1. The van der Waals surface area contributed by atoms with Gasteiger partial charge in [0.05, 0.1) is 0 Å². The number of nitrogens with one attached hydrogen (secondary N) is 1. The number of amides is 1. The summed E-state index contributed by atoms with van der Waals surface area (Å²) >= 11 is 0. The Bertz CT molecular complexity index is 630. The number of imidazole rings is 1. The Morgan fingerprint density at radius 1 is 1.36 bits per heavy atom. The first kappa shape index (κ1) is 14.8. The molecule has 0 saturated carbocycles. The normalized spacial score (nSPS) is 17.0. The Balaban J connectivity index is 1.58. The third-order valence-corrected chi connectivity index (χ3v) is 4.36. The van der Waals surface area contributed by atoms with Gasteiger partial charge in [-0.3, -0.25) is 4.79 Å². The molecule has 0 fully saturated rings. The van der Waals surface area contributed by atoms with Gasteiger partial charge in [0.15, 0.2) is 0 Å². The summed E-state index contributed by atoms with van der Waals surface area (Å²) in [6, 6.07) is 8.23. The standard InChI is InChI=1S/C18H23N3O/c1-2-3-4-14-5-7-16(8-6-14)20-18(22)15-9-11-21-12-10-19-17(21)13-15/h5-8,10,12,15H,2-4,9,11,13H2,1H3,(H,20,22). The van der Waals surface area contributed by atoms with E-state index in [1.54, 1.807) is 0 Å². The van der Waals surface area contributed by atoms with Crippen LogP contribution < -0.4 is 5.32 Å². The topological polar surface area (TPSA) is 46.9 Å². The van der Waals surface area contributed by atoms with Crippen LogP contribution in [0.4, 0.5) is 5.69 Å². The zero-order valence-corrected chi connectivity index (χ0v) is 13.1. The molecule has 1 amide bonds. The summed E-state index contributed by atoms with van der Waals surface area (Å²) < 4.78 is 2.13. The van der Waals surface area contributed by atoms with Crippen molar-refractivity contribution in [3.63, 3.8) is 0 Å². The van der Waals surface area contributed by atoms with Gasteiger partial charge in [-0.2, -0.15) is 0 Å². The molecule has 3 rings (SSSR count). The van der Waals surface area contributed by atoms with E-state index in [0.717, 1.165) is 37.3 Å². The SMILES string of the molecule is CCCCc1ccc(NC(=O)C2CCn3ccnc3C2)cc1. The molecule has 0 bridgehead atoms. The lowest BCUT2D eigenvalue weighted by atomic mass is 9.96. The van der Waals surface area contributed by atoms with E-state index >= 15 is 0 Å². The zero-order valence-electron chi connectivity index (χ0n) is 13.1. The Hall–Kier alpha value is -2.10. The molecular formula is C18H23N3O. The largest absolute Gasteiger partial charge is 0.335 e. The van der Waals surface area contributed by atoms with Gasteiger partial charge in [-0.15, -0.1) is 0 Å². The van der Waals surface area contributed by atoms with Gasteiger partial charge in [-0.25, -0.2) is 4.98 Å². The number of hydrogen-bond acceptors (Lipinski definition) is 2. The summed E-state index contributed by atoms with van der Waals surface area (Å²) in [7, 11) is 0. The van der Waals surface area contributed by atoms with Crippen LogP contribution in [0.2, 0.25) is 0 Å². The molecule has 4 nitrogen and oxygen atoms in total. The molecular weight excluding hydrogens is 274 g/mol. The van der Waals surface area contributed by atoms with E-state index in [1.807, 2.05) is 24.5 Å². The Morgan fingerprint density at radius 2 is 2.18 bits per heavy atom. The summed E-state index contributed by atoms with van der Waals surface area (Å²) in [4.78, 5) is 16.7. The van der Waals surface area contributed by atoms with Crippen molar-refractivity contribution in [2.24, 2.45) is 5.92 Å². The van der Waals surface area contributed by atoms with Crippen LogP contribution >= 0.6 is 0 Å². The fourth-order valence-corrected chi connectivity index (χ4v) is 2.95. The van der Waals surface area contributed by atoms with Crippen molar-refractivity contribution < 1.29 is 4.79 Å². The molecule has 0 aliphatic carbocycles. The molecule has 1 N–H and O–H groups in total. The highest BCUT2D eigenvalue weighted by Gasteiger charge is 2.25. The highest BCUT2D eigenvalue weighted by atomic mass is 16.1. The second-order valence-electron chi connectivity index (χ2n) is 6.02. The predicted molar refractivity (Wildman–Crippen MR) is 87.7 cm³/mol. The highest BCUT2D eigenvalue weighted by molar-refractivity contribution is 5.92. The van der Waals surface area contributed by atoms with E-state index in [1.165, 1.54) is 18.4 Å². The minimum absolute atomic E-state index is 0.0228. The first-order valence-corrected chi connectivity index (χ1v) is 8.16. The maximum atomic E-state index is 12.4. The third-order valence-electron chi connectivity index (χ3n) is 4.36. The molecule has 1 aliphatic heterocycles. The molecule has 4 heteroatoms. The van der Waals surface area contributed by atoms with Crippen LogP contribution in [-0.2, 0) is 24.2 Å². The van der Waals surface area contributed by atoms with Crippen LogP contribution in [-0.4, -0.2) is 15.5 Å². The summed E-state index contributed by atoms with van der Waals surface area (Å²) in [5.74, 6) is 1.14. The minimum atomic E-state index is 0.0228. The van der Waals surface area contributed by atoms with Crippen LogP contribution in [0.1, 0.15) is 37.6 Å². The number of unbranched alkanes of at least 4 members (excludes halogenated alkanes) is 1. The zero-order chi connectivity index (χ0) is 15.4. The van der Waals surface area contributed by atoms with E-state index < -0.39 is 0 Å². The predicted octanol–water partition coefficient (Wildman–Crippen LogP) is 3.43. The van der Waals surface area contributed by atoms with E-state index in [0.29, 0.717) is 0 Å². The fraction of sp³-hybridized carbons (Fsp3) is 0.444. The number of rotatable bonds is 5. The first-order valence-electron chi connectivity index (χ1n) is 8.16. The van der Waals surface area contributed by atoms with E-state index in [2.05, 4.69) is 33.9 Å². The van der Waals surface area contributed by atoms with Crippen molar-refractivity contribution >= 4 is 11.6 Å². The lowest BCUT2D eigenvalue weighted by molar-refractivity contribution is -0.120. The fourth-order valence-electron chi connectivity index (χ4n) is 2.95. The van der Waals surface area contributed by atoms with Crippen LogP contribution in [0, 0.1) is 5.92 Å². The van der Waals surface area contributed by atoms with Crippen LogP contribution in [0.15, 0.2) is 36.7 Å². The molecule has 22 heavy (non-hydrogen) atoms. The molecule has 1 aliphatic rings. The lowest BCUT2D eigenvalue weighted by Crippen LogP contribution is -2.30. The van der Waals surface area contributed by atoms with Gasteiger partial charge in [-0.1, -0.05) is 25.5 Å². The molecule has 1 aromatic carbocycles. The average Bonchev–Trinajstić information content (AvgIpc) is 3.01. The monoisotopic (exact) mass is 297 g/mol. The molecule has 1 aromatic heterocycles. The van der Waals surface area contributed by atoms with Gasteiger partial charge in [0.25, 0.3) is 0 Å². The van der Waals surface area contributed by atoms with Gasteiger partial charge < -0.3 is 9.88 Å². The Kier molecular flexibility index (Phi) is 4.56. The maximum Gasteiger partial charge on any atom is 0.228 e. The first-order chi connectivity index (χ1) is 10.8. The molecule has 2 heterocycles. The van der Waals surface area contributed by atoms with Crippen molar-refractivity contribution in [1.29, 1.82) is 0 Å². The highest BCUT2D eigenvalue weighted by Crippen LogP contribution is 2.21.